The zero-order valence-electron chi connectivity index (χ0n) is 10.9. The number of hydrogen-bond donors (Lipinski definition) is 1. The van der Waals surface area contributed by atoms with Gasteiger partial charge in [0.15, 0.2) is 0 Å². The Bertz CT molecular complexity index is 304. The number of piperidine rings is 1. The van der Waals surface area contributed by atoms with Crippen LogP contribution in [0.15, 0.2) is 30.3 Å². The van der Waals surface area contributed by atoms with Crippen molar-refractivity contribution < 1.29 is 0 Å². The van der Waals surface area contributed by atoms with Crippen molar-refractivity contribution in [2.24, 2.45) is 0 Å². The fourth-order valence-corrected chi connectivity index (χ4v) is 2.48. The molecule has 17 heavy (non-hydrogen) atoms. The van der Waals surface area contributed by atoms with Crippen LogP contribution in [-0.2, 0) is 0 Å². The summed E-state index contributed by atoms with van der Waals surface area (Å²) in [4.78, 5) is 2.58. The van der Waals surface area contributed by atoms with E-state index in [2.05, 4.69) is 47.5 Å². The second-order valence-electron chi connectivity index (χ2n) is 4.99. The molecular weight excluding hydrogens is 208 g/mol. The summed E-state index contributed by atoms with van der Waals surface area (Å²) in [5, 5.41) is 3.60. The minimum atomic E-state index is 0.459. The van der Waals surface area contributed by atoms with E-state index in [1.807, 2.05) is 0 Å². The average Bonchev–Trinajstić information content (AvgIpc) is 2.41. The van der Waals surface area contributed by atoms with Crippen molar-refractivity contribution in [2.75, 3.05) is 26.2 Å². The zero-order chi connectivity index (χ0) is 11.9. The fourth-order valence-electron chi connectivity index (χ4n) is 2.48. The molecule has 1 N–H and O–H groups in total. The summed E-state index contributed by atoms with van der Waals surface area (Å²) in [5.74, 6) is 0. The largest absolute Gasteiger partial charge is 0.309 e. The lowest BCUT2D eigenvalue weighted by Crippen LogP contribution is -2.36. The highest BCUT2D eigenvalue weighted by Gasteiger charge is 2.10. The molecule has 0 radical (unpaired) electrons. The topological polar surface area (TPSA) is 15.3 Å². The van der Waals surface area contributed by atoms with E-state index >= 15 is 0 Å². The number of likely N-dealkylation sites (tertiary alicyclic amines) is 1. The molecule has 1 aromatic carbocycles. The third-order valence-corrected chi connectivity index (χ3v) is 3.63. The van der Waals surface area contributed by atoms with Gasteiger partial charge in [-0.15, -0.1) is 0 Å². The number of rotatable bonds is 5. The first-order valence-corrected chi connectivity index (χ1v) is 6.87. The van der Waals surface area contributed by atoms with Gasteiger partial charge in [-0.25, -0.2) is 0 Å². The summed E-state index contributed by atoms with van der Waals surface area (Å²) in [6.07, 6.45) is 4.19. The lowest BCUT2D eigenvalue weighted by Gasteiger charge is -2.27. The molecule has 2 nitrogen and oxygen atoms in total. The van der Waals surface area contributed by atoms with E-state index in [1.54, 1.807) is 0 Å². The molecule has 1 saturated heterocycles. The van der Waals surface area contributed by atoms with Crippen LogP contribution in [0.1, 0.15) is 37.8 Å². The normalized spacial score (nSPS) is 19.1. The maximum atomic E-state index is 3.60. The maximum absolute atomic E-state index is 3.60. The number of benzene rings is 1. The average molecular weight is 232 g/mol. The van der Waals surface area contributed by atoms with Gasteiger partial charge in [-0.1, -0.05) is 36.8 Å². The Morgan fingerprint density at radius 2 is 1.82 bits per heavy atom. The van der Waals surface area contributed by atoms with Gasteiger partial charge in [0.05, 0.1) is 0 Å². The van der Waals surface area contributed by atoms with Crippen LogP contribution in [0.4, 0.5) is 0 Å². The Labute approximate surface area is 105 Å². The molecule has 0 spiro atoms. The number of hydrogen-bond acceptors (Lipinski definition) is 2. The molecule has 0 amide bonds. The minimum absolute atomic E-state index is 0.459. The Balaban J connectivity index is 1.67. The number of nitrogens with one attached hydrogen (secondary N) is 1. The molecule has 1 aromatic rings. The van der Waals surface area contributed by atoms with Gasteiger partial charge in [-0.3, -0.25) is 0 Å². The first-order chi connectivity index (χ1) is 8.36. The summed E-state index contributed by atoms with van der Waals surface area (Å²) >= 11 is 0. The van der Waals surface area contributed by atoms with Crippen LogP contribution < -0.4 is 5.32 Å². The van der Waals surface area contributed by atoms with E-state index in [1.165, 1.54) is 44.5 Å². The Hall–Kier alpha value is -0.860. The molecule has 0 unspecified atom stereocenters. The van der Waals surface area contributed by atoms with Crippen LogP contribution in [0.5, 0.6) is 0 Å². The van der Waals surface area contributed by atoms with Gasteiger partial charge in [-0.2, -0.15) is 0 Å². The van der Waals surface area contributed by atoms with E-state index in [4.69, 9.17) is 0 Å². The SMILES string of the molecule is C[C@@H](NCCN1CCCCC1)c1ccccc1. The molecule has 1 fully saturated rings. The molecule has 2 heteroatoms. The van der Waals surface area contributed by atoms with Crippen LogP contribution in [0.3, 0.4) is 0 Å². The zero-order valence-corrected chi connectivity index (χ0v) is 10.9. The predicted octanol–water partition coefficient (Wildman–Crippen LogP) is 2.82. The summed E-state index contributed by atoms with van der Waals surface area (Å²) in [6, 6.07) is 11.1. The van der Waals surface area contributed by atoms with Crippen LogP contribution in [0.25, 0.3) is 0 Å². The highest BCUT2D eigenvalue weighted by molar-refractivity contribution is 5.17. The molecular formula is C15H24N2. The van der Waals surface area contributed by atoms with E-state index in [0.29, 0.717) is 6.04 Å². The van der Waals surface area contributed by atoms with Crippen molar-refractivity contribution in [3.8, 4) is 0 Å². The van der Waals surface area contributed by atoms with Crippen molar-refractivity contribution in [2.45, 2.75) is 32.2 Å². The van der Waals surface area contributed by atoms with E-state index in [9.17, 15) is 0 Å². The maximum Gasteiger partial charge on any atom is 0.0292 e. The molecule has 2 rings (SSSR count). The molecule has 0 bridgehead atoms. The van der Waals surface area contributed by atoms with Crippen molar-refractivity contribution >= 4 is 0 Å². The molecule has 1 heterocycles. The highest BCUT2D eigenvalue weighted by atomic mass is 15.1. The van der Waals surface area contributed by atoms with Crippen LogP contribution in [0.2, 0.25) is 0 Å². The van der Waals surface area contributed by atoms with E-state index in [-0.39, 0.29) is 0 Å². The Morgan fingerprint density at radius 3 is 2.53 bits per heavy atom. The van der Waals surface area contributed by atoms with Crippen LogP contribution in [-0.4, -0.2) is 31.1 Å². The highest BCUT2D eigenvalue weighted by Crippen LogP contribution is 2.11. The monoisotopic (exact) mass is 232 g/mol. The van der Waals surface area contributed by atoms with Gasteiger partial charge in [0.1, 0.15) is 0 Å². The van der Waals surface area contributed by atoms with Gasteiger partial charge < -0.3 is 10.2 Å². The van der Waals surface area contributed by atoms with Gasteiger partial charge in [0.25, 0.3) is 0 Å². The quantitative estimate of drug-likeness (QED) is 0.840. The summed E-state index contributed by atoms with van der Waals surface area (Å²) < 4.78 is 0. The smallest absolute Gasteiger partial charge is 0.0292 e. The van der Waals surface area contributed by atoms with Crippen molar-refractivity contribution in [3.05, 3.63) is 35.9 Å². The summed E-state index contributed by atoms with van der Waals surface area (Å²) in [7, 11) is 0. The minimum Gasteiger partial charge on any atom is -0.309 e. The van der Waals surface area contributed by atoms with Crippen LogP contribution >= 0.6 is 0 Å². The first kappa shape index (κ1) is 12.6. The molecule has 1 aliphatic rings. The van der Waals surface area contributed by atoms with Crippen molar-refractivity contribution in [1.29, 1.82) is 0 Å². The summed E-state index contributed by atoms with van der Waals surface area (Å²) in [6.45, 7) is 7.11. The van der Waals surface area contributed by atoms with E-state index < -0.39 is 0 Å². The molecule has 0 aromatic heterocycles. The molecule has 94 valence electrons. The Kier molecular flexibility index (Phi) is 5.02. The molecule has 0 aliphatic carbocycles. The number of nitrogens with zero attached hydrogens (tertiary/aromatic N) is 1. The predicted molar refractivity (Wildman–Crippen MR) is 73.2 cm³/mol. The lowest BCUT2D eigenvalue weighted by atomic mass is 10.1. The van der Waals surface area contributed by atoms with Crippen molar-refractivity contribution in [3.63, 3.8) is 0 Å². The van der Waals surface area contributed by atoms with Crippen molar-refractivity contribution in [1.82, 2.24) is 10.2 Å². The van der Waals surface area contributed by atoms with Crippen LogP contribution in [0, 0.1) is 0 Å². The van der Waals surface area contributed by atoms with Gasteiger partial charge in [0.2, 0.25) is 0 Å². The van der Waals surface area contributed by atoms with E-state index in [0.717, 1.165) is 6.54 Å². The van der Waals surface area contributed by atoms with Gasteiger partial charge in [-0.05, 0) is 38.4 Å². The third kappa shape index (κ3) is 4.14. The lowest BCUT2D eigenvalue weighted by molar-refractivity contribution is 0.227. The third-order valence-electron chi connectivity index (χ3n) is 3.63. The molecule has 1 atom stereocenters. The standard InChI is InChI=1S/C15H24N2/c1-14(15-8-4-2-5-9-15)16-10-13-17-11-6-3-7-12-17/h2,4-5,8-9,14,16H,3,6-7,10-13H2,1H3/t14-/m1/s1. The van der Waals surface area contributed by atoms with Gasteiger partial charge >= 0.3 is 0 Å². The molecule has 1 aliphatic heterocycles. The first-order valence-electron chi connectivity index (χ1n) is 6.87. The van der Waals surface area contributed by atoms with Gasteiger partial charge in [0, 0.05) is 19.1 Å². The fraction of sp³-hybridized carbons (Fsp3) is 0.600. The Morgan fingerprint density at radius 1 is 1.12 bits per heavy atom. The second kappa shape index (κ2) is 6.77. The summed E-state index contributed by atoms with van der Waals surface area (Å²) in [5.41, 5.74) is 1.38. The second-order valence-corrected chi connectivity index (χ2v) is 4.99. The molecule has 0 saturated carbocycles.